The average Bonchev–Trinajstić information content (AvgIpc) is 3.31. The van der Waals surface area contributed by atoms with E-state index in [1.165, 1.54) is 231 Å². The Morgan fingerprint density at radius 2 is 0.646 bits per heavy atom. The van der Waals surface area contributed by atoms with Crippen LogP contribution in [0.2, 0.25) is 0 Å². The van der Waals surface area contributed by atoms with Gasteiger partial charge in [0.1, 0.15) is 12.2 Å². The largest absolute Gasteiger partial charge is 0.394 e. The van der Waals surface area contributed by atoms with Gasteiger partial charge in [-0.15, -0.1) is 0 Å². The molecule has 0 heterocycles. The van der Waals surface area contributed by atoms with Crippen molar-refractivity contribution in [2.45, 2.75) is 327 Å². The van der Waals surface area contributed by atoms with Gasteiger partial charge in [0.2, 0.25) is 5.91 Å². The van der Waals surface area contributed by atoms with E-state index in [-0.39, 0.29) is 0 Å². The van der Waals surface area contributed by atoms with E-state index in [0.717, 1.165) is 38.5 Å². The van der Waals surface area contributed by atoms with Crippen molar-refractivity contribution in [3.05, 3.63) is 36.5 Å². The van der Waals surface area contributed by atoms with Crippen molar-refractivity contribution >= 4 is 5.91 Å². The zero-order valence-electron chi connectivity index (χ0n) is 43.5. The summed E-state index contributed by atoms with van der Waals surface area (Å²) in [7, 11) is 0. The SMILES string of the molecule is CCCCCCCC/C=C/CC/C=C/CCCC(O)C(O)C(CO)NC(=O)C(O)CCCCCCCCCCCCCCCCCC/C=C\CCCCCCCCCCCCCCCC. The lowest BCUT2D eigenvalue weighted by atomic mass is 10.00. The number of rotatable bonds is 53. The second-order valence-corrected chi connectivity index (χ2v) is 20.0. The lowest BCUT2D eigenvalue weighted by Gasteiger charge is -2.27. The van der Waals surface area contributed by atoms with Crippen LogP contribution in [0.15, 0.2) is 36.5 Å². The molecule has 0 saturated carbocycles. The number of carbonyl (C=O) groups is 1. The molecule has 4 atom stereocenters. The van der Waals surface area contributed by atoms with Crippen LogP contribution in [0.4, 0.5) is 0 Å². The van der Waals surface area contributed by atoms with Crippen molar-refractivity contribution in [2.75, 3.05) is 6.61 Å². The molecule has 1 amide bonds. The van der Waals surface area contributed by atoms with Crippen molar-refractivity contribution in [1.82, 2.24) is 5.32 Å². The third-order valence-corrected chi connectivity index (χ3v) is 13.6. The van der Waals surface area contributed by atoms with Crippen molar-refractivity contribution in [3.8, 4) is 0 Å². The van der Waals surface area contributed by atoms with E-state index in [0.29, 0.717) is 19.3 Å². The van der Waals surface area contributed by atoms with Gasteiger partial charge in [0.15, 0.2) is 0 Å². The van der Waals surface area contributed by atoms with Gasteiger partial charge in [-0.2, -0.15) is 0 Å². The molecule has 0 aliphatic carbocycles. The predicted octanol–water partition coefficient (Wildman–Crippen LogP) is 16.8. The number of unbranched alkanes of at least 4 members (excludes halogenated alkanes) is 38. The van der Waals surface area contributed by atoms with Crippen LogP contribution in [0.3, 0.4) is 0 Å². The van der Waals surface area contributed by atoms with Crippen molar-refractivity contribution in [2.24, 2.45) is 0 Å². The fraction of sp³-hybridized carbons (Fsp3) is 0.881. The number of allylic oxidation sites excluding steroid dienone is 6. The van der Waals surface area contributed by atoms with Gasteiger partial charge in [0.25, 0.3) is 0 Å². The normalized spacial score (nSPS) is 14.0. The van der Waals surface area contributed by atoms with E-state index in [1.54, 1.807) is 0 Å². The molecule has 6 heteroatoms. The molecular formula is C59H113NO5. The Bertz CT molecular complexity index is 1030. The van der Waals surface area contributed by atoms with E-state index in [4.69, 9.17) is 0 Å². The third-order valence-electron chi connectivity index (χ3n) is 13.6. The van der Waals surface area contributed by atoms with Gasteiger partial charge < -0.3 is 25.7 Å². The quantitative estimate of drug-likeness (QED) is 0.0308. The maximum atomic E-state index is 12.6. The zero-order valence-corrected chi connectivity index (χ0v) is 43.5. The molecular weight excluding hydrogens is 803 g/mol. The second-order valence-electron chi connectivity index (χ2n) is 20.0. The summed E-state index contributed by atoms with van der Waals surface area (Å²) < 4.78 is 0. The molecule has 384 valence electrons. The van der Waals surface area contributed by atoms with Crippen LogP contribution < -0.4 is 5.32 Å². The molecule has 5 N–H and O–H groups in total. The molecule has 0 aromatic heterocycles. The van der Waals surface area contributed by atoms with Crippen LogP contribution >= 0.6 is 0 Å². The Balaban J connectivity index is 3.57. The molecule has 4 unspecified atom stereocenters. The Hall–Kier alpha value is -1.47. The highest BCUT2D eigenvalue weighted by Gasteiger charge is 2.28. The maximum absolute atomic E-state index is 12.6. The minimum atomic E-state index is -1.29. The Labute approximate surface area is 405 Å². The van der Waals surface area contributed by atoms with Crippen molar-refractivity contribution in [1.29, 1.82) is 0 Å². The molecule has 0 aliphatic heterocycles. The monoisotopic (exact) mass is 916 g/mol. The van der Waals surface area contributed by atoms with Crippen molar-refractivity contribution in [3.63, 3.8) is 0 Å². The number of aliphatic hydroxyl groups is 4. The number of hydrogen-bond donors (Lipinski definition) is 5. The summed E-state index contributed by atoms with van der Waals surface area (Å²) in [6, 6.07) is -1.01. The standard InChI is InChI=1S/C59H113NO5/c1-3-5-7-9-11-13-15-17-19-20-21-22-23-24-25-26-27-28-29-30-31-32-33-34-35-36-37-39-41-43-45-47-49-51-53-57(63)59(65)60-55(54-61)58(64)56(62)52-50-48-46-44-42-40-38-18-16-14-12-10-8-6-4-2/h18,26-27,38,44,46,55-58,61-64H,3-17,19-25,28-37,39-43,45,47-54H2,1-2H3,(H,60,65)/b27-26-,38-18+,46-44+. The second kappa shape index (κ2) is 53.5. The summed E-state index contributed by atoms with van der Waals surface area (Å²) in [6.07, 6.45) is 66.6. The van der Waals surface area contributed by atoms with Crippen LogP contribution in [-0.4, -0.2) is 57.3 Å². The highest BCUT2D eigenvalue weighted by Crippen LogP contribution is 2.17. The van der Waals surface area contributed by atoms with E-state index < -0.39 is 36.9 Å². The van der Waals surface area contributed by atoms with Crippen LogP contribution in [0, 0.1) is 0 Å². The summed E-state index contributed by atoms with van der Waals surface area (Å²) in [5, 5.41) is 43.8. The van der Waals surface area contributed by atoms with E-state index in [2.05, 4.69) is 55.6 Å². The summed E-state index contributed by atoms with van der Waals surface area (Å²) in [5.41, 5.74) is 0. The Kier molecular flexibility index (Phi) is 52.3. The molecule has 6 nitrogen and oxygen atoms in total. The van der Waals surface area contributed by atoms with Gasteiger partial charge >= 0.3 is 0 Å². The first kappa shape index (κ1) is 63.5. The smallest absolute Gasteiger partial charge is 0.249 e. The highest BCUT2D eigenvalue weighted by atomic mass is 16.3. The number of carbonyl (C=O) groups excluding carboxylic acids is 1. The predicted molar refractivity (Wildman–Crippen MR) is 284 cm³/mol. The molecule has 0 aromatic carbocycles. The molecule has 0 bridgehead atoms. The van der Waals surface area contributed by atoms with Crippen LogP contribution in [-0.2, 0) is 4.79 Å². The maximum Gasteiger partial charge on any atom is 0.249 e. The highest BCUT2D eigenvalue weighted by molar-refractivity contribution is 5.80. The number of nitrogens with one attached hydrogen (secondary N) is 1. The summed E-state index contributed by atoms with van der Waals surface area (Å²) in [5.74, 6) is -0.594. The first-order chi connectivity index (χ1) is 32.0. The first-order valence-corrected chi connectivity index (χ1v) is 28.9. The molecule has 0 saturated heterocycles. The number of aliphatic hydroxyl groups excluding tert-OH is 4. The average molecular weight is 917 g/mol. The molecule has 0 aromatic rings. The summed E-state index contributed by atoms with van der Waals surface area (Å²) >= 11 is 0. The van der Waals surface area contributed by atoms with Gasteiger partial charge in [-0.3, -0.25) is 4.79 Å². The summed E-state index contributed by atoms with van der Waals surface area (Å²) in [6.45, 7) is 4.05. The van der Waals surface area contributed by atoms with Gasteiger partial charge in [-0.05, 0) is 77.0 Å². The van der Waals surface area contributed by atoms with Crippen LogP contribution in [0.25, 0.3) is 0 Å². The molecule has 0 radical (unpaired) electrons. The van der Waals surface area contributed by atoms with Crippen molar-refractivity contribution < 1.29 is 25.2 Å². The number of hydrogen-bond acceptors (Lipinski definition) is 5. The van der Waals surface area contributed by atoms with Crippen LogP contribution in [0.1, 0.15) is 303 Å². The molecule has 0 aliphatic rings. The number of amides is 1. The molecule has 0 rings (SSSR count). The minimum Gasteiger partial charge on any atom is -0.394 e. The lowest BCUT2D eigenvalue weighted by molar-refractivity contribution is -0.132. The van der Waals surface area contributed by atoms with Gasteiger partial charge in [0.05, 0.1) is 18.8 Å². The third kappa shape index (κ3) is 47.4. The topological polar surface area (TPSA) is 110 Å². The first-order valence-electron chi connectivity index (χ1n) is 28.9. The fourth-order valence-electron chi connectivity index (χ4n) is 9.01. The van der Waals surface area contributed by atoms with E-state index in [1.807, 2.05) is 0 Å². The van der Waals surface area contributed by atoms with Gasteiger partial charge in [-0.25, -0.2) is 0 Å². The Morgan fingerprint density at radius 1 is 0.369 bits per heavy atom. The summed E-state index contributed by atoms with van der Waals surface area (Å²) in [4.78, 5) is 12.6. The van der Waals surface area contributed by atoms with Crippen LogP contribution in [0.5, 0.6) is 0 Å². The lowest BCUT2D eigenvalue weighted by Crippen LogP contribution is -2.53. The van der Waals surface area contributed by atoms with E-state index >= 15 is 0 Å². The zero-order chi connectivity index (χ0) is 47.4. The van der Waals surface area contributed by atoms with E-state index in [9.17, 15) is 25.2 Å². The molecule has 65 heavy (non-hydrogen) atoms. The van der Waals surface area contributed by atoms with Gasteiger partial charge in [0, 0.05) is 0 Å². The minimum absolute atomic E-state index is 0.362. The molecule has 0 spiro atoms. The Morgan fingerprint density at radius 3 is 0.969 bits per heavy atom. The fourth-order valence-corrected chi connectivity index (χ4v) is 9.01. The van der Waals surface area contributed by atoms with Gasteiger partial charge in [-0.1, -0.05) is 262 Å². The molecule has 0 fully saturated rings.